The Bertz CT molecular complexity index is 557. The first-order valence-electron chi connectivity index (χ1n) is 5.54. The summed E-state index contributed by atoms with van der Waals surface area (Å²) in [5.41, 5.74) is 2.13. The van der Waals surface area contributed by atoms with Crippen LogP contribution in [0.3, 0.4) is 0 Å². The van der Waals surface area contributed by atoms with Crippen LogP contribution in [-0.2, 0) is 0 Å². The Hall–Kier alpha value is -0.510. The average molecular weight is 390 g/mol. The minimum absolute atomic E-state index is 0.173. The summed E-state index contributed by atoms with van der Waals surface area (Å²) in [6, 6.07) is 14.1. The van der Waals surface area contributed by atoms with Crippen LogP contribution in [0.4, 0.5) is 5.69 Å². The molecular formula is C14H12Br2ClN. The summed E-state index contributed by atoms with van der Waals surface area (Å²) in [5.74, 6) is 0. The Balaban J connectivity index is 2.24. The van der Waals surface area contributed by atoms with Crippen LogP contribution in [0.15, 0.2) is 51.4 Å². The van der Waals surface area contributed by atoms with Gasteiger partial charge >= 0.3 is 0 Å². The number of hydrogen-bond acceptors (Lipinski definition) is 1. The molecule has 0 radical (unpaired) electrons. The van der Waals surface area contributed by atoms with Gasteiger partial charge in [-0.1, -0.05) is 61.7 Å². The minimum atomic E-state index is 0.173. The highest BCUT2D eigenvalue weighted by Crippen LogP contribution is 2.31. The standard InChI is InChI=1S/C14H12Br2ClN/c1-9(11-4-2-3-5-12(11)16)18-14-8-10(15)6-7-13(14)17/h2-9,18H,1H3. The number of benzene rings is 2. The molecule has 0 heterocycles. The summed E-state index contributed by atoms with van der Waals surface area (Å²) >= 11 is 13.2. The van der Waals surface area contributed by atoms with E-state index in [9.17, 15) is 0 Å². The fourth-order valence-corrected chi connectivity index (χ4v) is 2.91. The van der Waals surface area contributed by atoms with E-state index >= 15 is 0 Å². The molecule has 0 aromatic heterocycles. The van der Waals surface area contributed by atoms with Crippen molar-refractivity contribution in [2.24, 2.45) is 0 Å². The number of anilines is 1. The molecule has 0 amide bonds. The van der Waals surface area contributed by atoms with Crippen molar-refractivity contribution in [2.45, 2.75) is 13.0 Å². The Labute approximate surface area is 129 Å². The quantitative estimate of drug-likeness (QED) is 0.675. The van der Waals surface area contributed by atoms with Gasteiger partial charge in [-0.05, 0) is 36.8 Å². The molecule has 0 spiro atoms. The van der Waals surface area contributed by atoms with Crippen LogP contribution in [0.25, 0.3) is 0 Å². The second-order valence-electron chi connectivity index (χ2n) is 4.01. The van der Waals surface area contributed by atoms with E-state index < -0.39 is 0 Å². The molecule has 2 rings (SSSR count). The maximum Gasteiger partial charge on any atom is 0.0638 e. The van der Waals surface area contributed by atoms with E-state index in [4.69, 9.17) is 11.6 Å². The van der Waals surface area contributed by atoms with E-state index in [1.165, 1.54) is 5.56 Å². The lowest BCUT2D eigenvalue weighted by atomic mass is 10.1. The number of rotatable bonds is 3. The minimum Gasteiger partial charge on any atom is -0.377 e. The lowest BCUT2D eigenvalue weighted by molar-refractivity contribution is 0.879. The number of hydrogen-bond donors (Lipinski definition) is 1. The molecule has 2 aromatic carbocycles. The molecule has 0 bridgehead atoms. The van der Waals surface area contributed by atoms with E-state index in [0.717, 1.165) is 19.7 Å². The molecular weight excluding hydrogens is 377 g/mol. The van der Waals surface area contributed by atoms with Gasteiger partial charge in [0, 0.05) is 15.0 Å². The molecule has 1 N–H and O–H groups in total. The van der Waals surface area contributed by atoms with Gasteiger partial charge in [0.2, 0.25) is 0 Å². The molecule has 0 aliphatic heterocycles. The molecule has 0 aliphatic rings. The van der Waals surface area contributed by atoms with Crippen LogP contribution >= 0.6 is 43.5 Å². The van der Waals surface area contributed by atoms with E-state index in [2.05, 4.69) is 50.2 Å². The smallest absolute Gasteiger partial charge is 0.0638 e. The Morgan fingerprint density at radius 2 is 1.83 bits per heavy atom. The van der Waals surface area contributed by atoms with Crippen molar-refractivity contribution in [3.05, 3.63) is 62.0 Å². The summed E-state index contributed by atoms with van der Waals surface area (Å²) < 4.78 is 2.10. The highest BCUT2D eigenvalue weighted by Gasteiger charge is 2.10. The van der Waals surface area contributed by atoms with Gasteiger partial charge in [0.25, 0.3) is 0 Å². The van der Waals surface area contributed by atoms with Gasteiger partial charge < -0.3 is 5.32 Å². The Morgan fingerprint density at radius 3 is 2.56 bits per heavy atom. The van der Waals surface area contributed by atoms with Crippen molar-refractivity contribution in [1.82, 2.24) is 0 Å². The summed E-state index contributed by atoms with van der Waals surface area (Å²) in [5, 5.41) is 4.14. The molecule has 0 saturated carbocycles. The van der Waals surface area contributed by atoms with Crippen LogP contribution in [0, 0.1) is 0 Å². The lowest BCUT2D eigenvalue weighted by Crippen LogP contribution is -2.07. The van der Waals surface area contributed by atoms with E-state index in [0.29, 0.717) is 0 Å². The SMILES string of the molecule is CC(Nc1cc(Br)ccc1Cl)c1ccccc1Br. The van der Waals surface area contributed by atoms with Gasteiger partial charge in [0.05, 0.1) is 10.7 Å². The highest BCUT2D eigenvalue weighted by atomic mass is 79.9. The summed E-state index contributed by atoms with van der Waals surface area (Å²) in [6.45, 7) is 2.11. The monoisotopic (exact) mass is 387 g/mol. The molecule has 0 fully saturated rings. The van der Waals surface area contributed by atoms with Crippen LogP contribution in [0.5, 0.6) is 0 Å². The molecule has 1 atom stereocenters. The van der Waals surface area contributed by atoms with Gasteiger partial charge in [0.15, 0.2) is 0 Å². The van der Waals surface area contributed by atoms with Crippen LogP contribution in [-0.4, -0.2) is 0 Å². The lowest BCUT2D eigenvalue weighted by Gasteiger charge is -2.18. The second-order valence-corrected chi connectivity index (χ2v) is 6.19. The number of halogens is 3. The first-order valence-corrected chi connectivity index (χ1v) is 7.50. The first kappa shape index (κ1) is 13.9. The molecule has 4 heteroatoms. The fraction of sp³-hybridized carbons (Fsp3) is 0.143. The maximum atomic E-state index is 6.17. The van der Waals surface area contributed by atoms with Crippen LogP contribution in [0.1, 0.15) is 18.5 Å². The van der Waals surface area contributed by atoms with Gasteiger partial charge in [-0.15, -0.1) is 0 Å². The van der Waals surface area contributed by atoms with Crippen molar-refractivity contribution in [3.63, 3.8) is 0 Å². The third-order valence-electron chi connectivity index (χ3n) is 2.67. The van der Waals surface area contributed by atoms with Gasteiger partial charge in [-0.2, -0.15) is 0 Å². The van der Waals surface area contributed by atoms with Crippen molar-refractivity contribution >= 4 is 49.1 Å². The molecule has 1 nitrogen and oxygen atoms in total. The highest BCUT2D eigenvalue weighted by molar-refractivity contribution is 9.10. The van der Waals surface area contributed by atoms with Gasteiger partial charge in [-0.3, -0.25) is 0 Å². The zero-order valence-corrected chi connectivity index (χ0v) is 13.7. The molecule has 18 heavy (non-hydrogen) atoms. The van der Waals surface area contributed by atoms with E-state index in [1.54, 1.807) is 0 Å². The van der Waals surface area contributed by atoms with Gasteiger partial charge in [-0.25, -0.2) is 0 Å². The second kappa shape index (κ2) is 6.09. The number of nitrogens with one attached hydrogen (secondary N) is 1. The average Bonchev–Trinajstić information content (AvgIpc) is 2.34. The van der Waals surface area contributed by atoms with E-state index in [-0.39, 0.29) is 6.04 Å². The molecule has 0 aliphatic carbocycles. The fourth-order valence-electron chi connectivity index (χ4n) is 1.75. The normalized spacial score (nSPS) is 12.2. The predicted octanol–water partition coefficient (Wildman–Crippen LogP) is 6.04. The molecule has 2 aromatic rings. The summed E-state index contributed by atoms with van der Waals surface area (Å²) in [7, 11) is 0. The van der Waals surface area contributed by atoms with Crippen molar-refractivity contribution in [2.75, 3.05) is 5.32 Å². The van der Waals surface area contributed by atoms with Crippen LogP contribution < -0.4 is 5.32 Å². The van der Waals surface area contributed by atoms with Crippen LogP contribution in [0.2, 0.25) is 5.02 Å². The maximum absolute atomic E-state index is 6.17. The third kappa shape index (κ3) is 3.28. The summed E-state index contributed by atoms with van der Waals surface area (Å²) in [6.07, 6.45) is 0. The largest absolute Gasteiger partial charge is 0.377 e. The van der Waals surface area contributed by atoms with E-state index in [1.807, 2.05) is 36.4 Å². The zero-order chi connectivity index (χ0) is 13.1. The third-order valence-corrected chi connectivity index (χ3v) is 4.22. The van der Waals surface area contributed by atoms with Crippen molar-refractivity contribution in [1.29, 1.82) is 0 Å². The zero-order valence-electron chi connectivity index (χ0n) is 9.75. The van der Waals surface area contributed by atoms with Crippen molar-refractivity contribution < 1.29 is 0 Å². The topological polar surface area (TPSA) is 12.0 Å². The van der Waals surface area contributed by atoms with Crippen molar-refractivity contribution in [3.8, 4) is 0 Å². The molecule has 0 saturated heterocycles. The predicted molar refractivity (Wildman–Crippen MR) is 85.3 cm³/mol. The molecule has 1 unspecified atom stereocenters. The Kier molecular flexibility index (Phi) is 4.71. The Morgan fingerprint density at radius 1 is 1.11 bits per heavy atom. The molecule has 94 valence electrons. The van der Waals surface area contributed by atoms with Gasteiger partial charge in [0.1, 0.15) is 0 Å². The summed E-state index contributed by atoms with van der Waals surface area (Å²) in [4.78, 5) is 0. The first-order chi connectivity index (χ1) is 8.58.